The Hall–Kier alpha value is -2.28. The molecule has 1 aromatic carbocycles. The van der Waals surface area contributed by atoms with Gasteiger partial charge in [-0.05, 0) is 18.1 Å². The summed E-state index contributed by atoms with van der Waals surface area (Å²) in [4.78, 5) is 15.1. The summed E-state index contributed by atoms with van der Waals surface area (Å²) in [5, 5.41) is 12.3. The van der Waals surface area contributed by atoms with Gasteiger partial charge in [0.05, 0.1) is 0 Å². The summed E-state index contributed by atoms with van der Waals surface area (Å²) in [7, 11) is 0. The maximum Gasteiger partial charge on any atom is 0.344 e. The van der Waals surface area contributed by atoms with E-state index in [1.165, 1.54) is 0 Å². The lowest BCUT2D eigenvalue weighted by Crippen LogP contribution is -2.19. The zero-order chi connectivity index (χ0) is 14.3. The fourth-order valence-corrected chi connectivity index (χ4v) is 1.15. The largest absolute Gasteiger partial charge is 0.479 e. The van der Waals surface area contributed by atoms with E-state index in [0.29, 0.717) is 5.71 Å². The highest BCUT2D eigenvalue weighted by Crippen LogP contribution is 2.16. The Balaban J connectivity index is 2.88. The number of carbonyl (C=O) groups is 1. The van der Waals surface area contributed by atoms with Crippen molar-refractivity contribution in [2.75, 3.05) is 6.61 Å². The average Bonchev–Trinajstić information content (AvgIpc) is 2.33. The van der Waals surface area contributed by atoms with Crippen LogP contribution in [-0.2, 0) is 9.63 Å². The molecule has 0 bridgehead atoms. The zero-order valence-corrected chi connectivity index (χ0v) is 11.3. The van der Waals surface area contributed by atoms with Gasteiger partial charge >= 0.3 is 5.97 Å². The van der Waals surface area contributed by atoms with Crippen LogP contribution in [-0.4, -0.2) is 23.4 Å². The van der Waals surface area contributed by atoms with Crippen LogP contribution >= 0.6 is 0 Å². The number of rotatable bonds is 3. The van der Waals surface area contributed by atoms with E-state index in [-0.39, 0.29) is 5.41 Å². The lowest BCUT2D eigenvalue weighted by Gasteiger charge is -2.15. The fraction of sp³-hybridized carbons (Fsp3) is 0.333. The van der Waals surface area contributed by atoms with Gasteiger partial charge in [-0.25, -0.2) is 4.79 Å². The number of carboxylic acids is 1. The lowest BCUT2D eigenvalue weighted by atomic mass is 9.90. The molecule has 0 spiro atoms. The minimum Gasteiger partial charge on any atom is -0.479 e. The second-order valence-electron chi connectivity index (χ2n) is 4.97. The predicted octanol–water partition coefficient (Wildman–Crippen LogP) is 2.54. The Bertz CT molecular complexity index is 516. The first kappa shape index (κ1) is 14.8. The molecule has 0 fully saturated rings. The van der Waals surface area contributed by atoms with Gasteiger partial charge in [0.2, 0.25) is 6.61 Å². The molecule has 0 aliphatic heterocycles. The number of benzene rings is 1. The number of aliphatic carboxylic acids is 1. The SMILES string of the molecule is CC(C)(C)C(C#Cc1ccccc1)=NOCC(=O)O. The molecule has 100 valence electrons. The molecule has 0 aromatic heterocycles. The Kier molecular flexibility index (Phi) is 5.13. The normalized spacial score (nSPS) is 11.4. The van der Waals surface area contributed by atoms with Gasteiger partial charge in [-0.3, -0.25) is 0 Å². The molecule has 0 unspecified atom stereocenters. The smallest absolute Gasteiger partial charge is 0.344 e. The van der Waals surface area contributed by atoms with Crippen molar-refractivity contribution in [1.82, 2.24) is 0 Å². The van der Waals surface area contributed by atoms with Gasteiger partial charge in [0.1, 0.15) is 5.71 Å². The Labute approximate surface area is 113 Å². The highest BCUT2D eigenvalue weighted by atomic mass is 16.6. The van der Waals surface area contributed by atoms with Crippen molar-refractivity contribution in [3.63, 3.8) is 0 Å². The van der Waals surface area contributed by atoms with E-state index in [0.717, 1.165) is 5.56 Å². The van der Waals surface area contributed by atoms with Crippen molar-refractivity contribution in [2.45, 2.75) is 20.8 Å². The van der Waals surface area contributed by atoms with E-state index in [2.05, 4.69) is 17.0 Å². The summed E-state index contributed by atoms with van der Waals surface area (Å²) < 4.78 is 0. The highest BCUT2D eigenvalue weighted by molar-refractivity contribution is 6.04. The molecule has 1 N–H and O–H groups in total. The molecule has 0 amide bonds. The van der Waals surface area contributed by atoms with E-state index in [4.69, 9.17) is 9.94 Å². The third-order valence-electron chi connectivity index (χ3n) is 2.15. The molecule has 4 heteroatoms. The fourth-order valence-electron chi connectivity index (χ4n) is 1.15. The van der Waals surface area contributed by atoms with Gasteiger partial charge in [0.25, 0.3) is 0 Å². The van der Waals surface area contributed by atoms with Gasteiger partial charge in [0.15, 0.2) is 0 Å². The summed E-state index contributed by atoms with van der Waals surface area (Å²) in [5.74, 6) is 4.85. The monoisotopic (exact) mass is 259 g/mol. The van der Waals surface area contributed by atoms with Crippen LogP contribution in [0.15, 0.2) is 35.5 Å². The summed E-state index contributed by atoms with van der Waals surface area (Å²) in [6.45, 7) is 5.35. The second-order valence-corrected chi connectivity index (χ2v) is 4.97. The van der Waals surface area contributed by atoms with E-state index in [9.17, 15) is 4.79 Å². The van der Waals surface area contributed by atoms with E-state index in [1.54, 1.807) is 0 Å². The van der Waals surface area contributed by atoms with Crippen molar-refractivity contribution >= 4 is 11.7 Å². The molecule has 0 aliphatic rings. The standard InChI is InChI=1S/C15H17NO3/c1-15(2,3)13(16-19-11-14(17)18)10-9-12-7-5-4-6-8-12/h4-8H,11H2,1-3H3,(H,17,18). The van der Waals surface area contributed by atoms with E-state index in [1.807, 2.05) is 51.1 Å². The van der Waals surface area contributed by atoms with Crippen LogP contribution in [0, 0.1) is 17.3 Å². The van der Waals surface area contributed by atoms with Crippen LogP contribution in [0.5, 0.6) is 0 Å². The first-order chi connectivity index (χ1) is 8.89. The summed E-state index contributed by atoms with van der Waals surface area (Å²) in [5.41, 5.74) is 1.08. The molecule has 0 saturated heterocycles. The third-order valence-corrected chi connectivity index (χ3v) is 2.15. The maximum atomic E-state index is 10.4. The van der Waals surface area contributed by atoms with Crippen LogP contribution < -0.4 is 0 Å². The summed E-state index contributed by atoms with van der Waals surface area (Å²) in [6.07, 6.45) is 0. The van der Waals surface area contributed by atoms with Crippen LogP contribution in [0.25, 0.3) is 0 Å². The molecule has 4 nitrogen and oxygen atoms in total. The van der Waals surface area contributed by atoms with E-state index >= 15 is 0 Å². The molecule has 0 aliphatic carbocycles. The quantitative estimate of drug-likeness (QED) is 0.515. The molecule has 19 heavy (non-hydrogen) atoms. The summed E-state index contributed by atoms with van der Waals surface area (Å²) >= 11 is 0. The van der Waals surface area contributed by atoms with Gasteiger partial charge in [-0.15, -0.1) is 0 Å². The number of oxime groups is 1. The number of hydrogen-bond acceptors (Lipinski definition) is 3. The van der Waals surface area contributed by atoms with Crippen LogP contribution in [0.1, 0.15) is 26.3 Å². The second kappa shape index (κ2) is 6.60. The molecule has 0 saturated carbocycles. The Morgan fingerprint density at radius 3 is 2.47 bits per heavy atom. The van der Waals surface area contributed by atoms with Gasteiger partial charge in [0, 0.05) is 11.0 Å². The number of nitrogens with zero attached hydrogens (tertiary/aromatic N) is 1. The molecular weight excluding hydrogens is 242 g/mol. The van der Waals surface area contributed by atoms with Gasteiger partial charge < -0.3 is 9.94 Å². The van der Waals surface area contributed by atoms with Crippen molar-refractivity contribution < 1.29 is 14.7 Å². The van der Waals surface area contributed by atoms with Crippen LogP contribution in [0.2, 0.25) is 0 Å². The Morgan fingerprint density at radius 1 is 1.32 bits per heavy atom. The first-order valence-electron chi connectivity index (χ1n) is 5.89. The number of hydrogen-bond donors (Lipinski definition) is 1. The van der Waals surface area contributed by atoms with Crippen molar-refractivity contribution in [3.8, 4) is 11.8 Å². The predicted molar refractivity (Wildman–Crippen MR) is 73.8 cm³/mol. The molecule has 0 atom stereocenters. The van der Waals surface area contributed by atoms with Crippen molar-refractivity contribution in [3.05, 3.63) is 35.9 Å². The van der Waals surface area contributed by atoms with Gasteiger partial charge in [-0.1, -0.05) is 50.0 Å². The van der Waals surface area contributed by atoms with Crippen LogP contribution in [0.4, 0.5) is 0 Å². The molecular formula is C15H17NO3. The maximum absolute atomic E-state index is 10.4. The average molecular weight is 259 g/mol. The minimum absolute atomic E-state index is 0.305. The zero-order valence-electron chi connectivity index (χ0n) is 11.3. The van der Waals surface area contributed by atoms with Gasteiger partial charge in [-0.2, -0.15) is 0 Å². The molecule has 0 radical (unpaired) electrons. The Morgan fingerprint density at radius 2 is 1.95 bits per heavy atom. The highest BCUT2D eigenvalue weighted by Gasteiger charge is 2.18. The minimum atomic E-state index is -1.06. The van der Waals surface area contributed by atoms with E-state index < -0.39 is 12.6 Å². The van der Waals surface area contributed by atoms with Crippen molar-refractivity contribution in [1.29, 1.82) is 0 Å². The first-order valence-corrected chi connectivity index (χ1v) is 5.89. The third kappa shape index (κ3) is 5.73. The lowest BCUT2D eigenvalue weighted by molar-refractivity contribution is -0.142. The molecule has 0 heterocycles. The number of carboxylic acid groups (broad SMARTS) is 1. The van der Waals surface area contributed by atoms with Crippen molar-refractivity contribution in [2.24, 2.45) is 10.6 Å². The summed E-state index contributed by atoms with van der Waals surface area (Å²) in [6, 6.07) is 9.51. The molecule has 1 aromatic rings. The topological polar surface area (TPSA) is 58.9 Å². The van der Waals surface area contributed by atoms with Crippen LogP contribution in [0.3, 0.4) is 0 Å². The molecule has 1 rings (SSSR count).